The van der Waals surface area contributed by atoms with Gasteiger partial charge in [0.15, 0.2) is 11.6 Å². The molecule has 0 N–H and O–H groups in total. The van der Waals surface area contributed by atoms with Crippen molar-refractivity contribution in [3.8, 4) is 0 Å². The first-order valence-electron chi connectivity index (χ1n) is 6.02. The summed E-state index contributed by atoms with van der Waals surface area (Å²) in [4.78, 5) is 13.8. The summed E-state index contributed by atoms with van der Waals surface area (Å²) in [5.41, 5.74) is 0.709. The van der Waals surface area contributed by atoms with Gasteiger partial charge in [-0.15, -0.1) is 0 Å². The summed E-state index contributed by atoms with van der Waals surface area (Å²) in [7, 11) is 0. The molecule has 2 heterocycles. The second-order valence-corrected chi connectivity index (χ2v) is 4.60. The Balaban J connectivity index is 2.32. The fourth-order valence-corrected chi connectivity index (χ4v) is 1.90. The van der Waals surface area contributed by atoms with Crippen LogP contribution >= 0.6 is 0 Å². The highest BCUT2D eigenvalue weighted by Crippen LogP contribution is 2.22. The number of ether oxygens (including phenoxy) is 1. The van der Waals surface area contributed by atoms with Gasteiger partial charge in [0.2, 0.25) is 0 Å². The average molecular weight is 237 g/mol. The monoisotopic (exact) mass is 237 g/mol. The standard InChI is InChI=1S/C12H19N3O2/c1-9(2)15-8-11(10(3)16)12(13-15)14-4-6-17-7-5-14/h8-9H,4-7H2,1-3H3. The second kappa shape index (κ2) is 4.87. The molecule has 1 aromatic heterocycles. The summed E-state index contributed by atoms with van der Waals surface area (Å²) in [5, 5.41) is 4.52. The Bertz CT molecular complexity index is 406. The molecule has 0 spiro atoms. The van der Waals surface area contributed by atoms with Crippen LogP contribution in [0.25, 0.3) is 0 Å². The first-order chi connectivity index (χ1) is 8.09. The van der Waals surface area contributed by atoms with E-state index in [1.165, 1.54) is 0 Å². The second-order valence-electron chi connectivity index (χ2n) is 4.60. The number of rotatable bonds is 3. The third-order valence-electron chi connectivity index (χ3n) is 2.93. The predicted octanol–water partition coefficient (Wildman–Crippen LogP) is 1.50. The summed E-state index contributed by atoms with van der Waals surface area (Å²) in [6.45, 7) is 8.70. The molecule has 0 unspecified atom stereocenters. The van der Waals surface area contributed by atoms with Gasteiger partial charge in [-0.25, -0.2) is 0 Å². The Hall–Kier alpha value is -1.36. The van der Waals surface area contributed by atoms with Crippen molar-refractivity contribution in [3.63, 3.8) is 0 Å². The van der Waals surface area contributed by atoms with Crippen molar-refractivity contribution >= 4 is 11.6 Å². The maximum absolute atomic E-state index is 11.6. The maximum atomic E-state index is 11.6. The van der Waals surface area contributed by atoms with E-state index < -0.39 is 0 Å². The fourth-order valence-electron chi connectivity index (χ4n) is 1.90. The van der Waals surface area contributed by atoms with Crippen LogP contribution in [0.1, 0.15) is 37.2 Å². The highest BCUT2D eigenvalue weighted by Gasteiger charge is 2.21. The summed E-state index contributed by atoms with van der Waals surface area (Å²) >= 11 is 0. The van der Waals surface area contributed by atoms with Crippen molar-refractivity contribution in [3.05, 3.63) is 11.8 Å². The van der Waals surface area contributed by atoms with Crippen LogP contribution in [-0.4, -0.2) is 41.9 Å². The lowest BCUT2D eigenvalue weighted by Gasteiger charge is -2.27. The minimum atomic E-state index is 0.0680. The van der Waals surface area contributed by atoms with Crippen LogP contribution in [0, 0.1) is 0 Å². The molecule has 1 aliphatic heterocycles. The van der Waals surface area contributed by atoms with E-state index in [9.17, 15) is 4.79 Å². The normalized spacial score (nSPS) is 16.6. The topological polar surface area (TPSA) is 47.4 Å². The third-order valence-corrected chi connectivity index (χ3v) is 2.93. The van der Waals surface area contributed by atoms with Crippen LogP contribution in [0.15, 0.2) is 6.20 Å². The Kier molecular flexibility index (Phi) is 3.47. The minimum absolute atomic E-state index is 0.0680. The van der Waals surface area contributed by atoms with E-state index in [0.29, 0.717) is 18.8 Å². The van der Waals surface area contributed by atoms with Gasteiger partial charge in [-0.2, -0.15) is 5.10 Å². The van der Waals surface area contributed by atoms with Crippen LogP contribution in [0.2, 0.25) is 0 Å². The molecule has 2 rings (SSSR count). The minimum Gasteiger partial charge on any atom is -0.378 e. The van der Waals surface area contributed by atoms with Crippen molar-refractivity contribution in [2.75, 3.05) is 31.2 Å². The van der Waals surface area contributed by atoms with Crippen molar-refractivity contribution in [2.24, 2.45) is 0 Å². The molecule has 0 saturated carbocycles. The van der Waals surface area contributed by atoms with Gasteiger partial charge in [0.05, 0.1) is 18.8 Å². The molecule has 5 heteroatoms. The highest BCUT2D eigenvalue weighted by atomic mass is 16.5. The zero-order chi connectivity index (χ0) is 12.4. The number of ketones is 1. The van der Waals surface area contributed by atoms with Gasteiger partial charge >= 0.3 is 0 Å². The van der Waals surface area contributed by atoms with Crippen LogP contribution in [-0.2, 0) is 4.74 Å². The number of carbonyl (C=O) groups is 1. The fraction of sp³-hybridized carbons (Fsp3) is 0.667. The maximum Gasteiger partial charge on any atom is 0.165 e. The Morgan fingerprint density at radius 1 is 1.41 bits per heavy atom. The van der Waals surface area contributed by atoms with E-state index >= 15 is 0 Å². The molecule has 0 radical (unpaired) electrons. The van der Waals surface area contributed by atoms with E-state index in [4.69, 9.17) is 4.74 Å². The molecular weight excluding hydrogens is 218 g/mol. The lowest BCUT2D eigenvalue weighted by atomic mass is 10.2. The number of anilines is 1. The zero-order valence-corrected chi connectivity index (χ0v) is 10.6. The number of Topliss-reactive ketones (excluding diaryl/α,β-unsaturated/α-hetero) is 1. The Morgan fingerprint density at radius 2 is 2.06 bits per heavy atom. The number of hydrogen-bond donors (Lipinski definition) is 0. The summed E-state index contributed by atoms with van der Waals surface area (Å²) in [6, 6.07) is 0.267. The van der Waals surface area contributed by atoms with E-state index in [1.54, 1.807) is 6.92 Å². The highest BCUT2D eigenvalue weighted by molar-refractivity contribution is 5.98. The molecule has 1 saturated heterocycles. The first-order valence-corrected chi connectivity index (χ1v) is 6.02. The van der Waals surface area contributed by atoms with Crippen molar-refractivity contribution in [1.82, 2.24) is 9.78 Å². The summed E-state index contributed by atoms with van der Waals surface area (Å²) < 4.78 is 7.16. The van der Waals surface area contributed by atoms with Gasteiger partial charge < -0.3 is 9.64 Å². The van der Waals surface area contributed by atoms with Gasteiger partial charge in [-0.1, -0.05) is 0 Å². The van der Waals surface area contributed by atoms with E-state index in [1.807, 2.05) is 10.9 Å². The van der Waals surface area contributed by atoms with Crippen LogP contribution < -0.4 is 4.90 Å². The molecule has 1 aromatic rings. The van der Waals surface area contributed by atoms with Gasteiger partial charge in [0.1, 0.15) is 0 Å². The van der Waals surface area contributed by atoms with Crippen LogP contribution in [0.4, 0.5) is 5.82 Å². The zero-order valence-electron chi connectivity index (χ0n) is 10.6. The van der Waals surface area contributed by atoms with E-state index in [2.05, 4.69) is 23.8 Å². The van der Waals surface area contributed by atoms with E-state index in [0.717, 1.165) is 18.9 Å². The van der Waals surface area contributed by atoms with Gasteiger partial charge in [-0.3, -0.25) is 9.48 Å². The molecule has 0 aromatic carbocycles. The average Bonchev–Trinajstić information content (AvgIpc) is 2.75. The van der Waals surface area contributed by atoms with Crippen LogP contribution in [0.5, 0.6) is 0 Å². The molecule has 5 nitrogen and oxygen atoms in total. The van der Waals surface area contributed by atoms with Crippen molar-refractivity contribution < 1.29 is 9.53 Å². The molecule has 94 valence electrons. The number of aromatic nitrogens is 2. The van der Waals surface area contributed by atoms with Gasteiger partial charge in [0, 0.05) is 25.3 Å². The van der Waals surface area contributed by atoms with Crippen LogP contribution in [0.3, 0.4) is 0 Å². The lowest BCUT2D eigenvalue weighted by molar-refractivity contribution is 0.101. The van der Waals surface area contributed by atoms with Gasteiger partial charge in [-0.05, 0) is 20.8 Å². The summed E-state index contributed by atoms with van der Waals surface area (Å²) in [6.07, 6.45) is 1.85. The van der Waals surface area contributed by atoms with Crippen molar-refractivity contribution in [1.29, 1.82) is 0 Å². The molecule has 1 fully saturated rings. The smallest absolute Gasteiger partial charge is 0.165 e. The molecule has 0 amide bonds. The number of carbonyl (C=O) groups excluding carboxylic acids is 1. The third kappa shape index (κ3) is 2.49. The molecule has 0 bridgehead atoms. The van der Waals surface area contributed by atoms with Gasteiger partial charge in [0.25, 0.3) is 0 Å². The SMILES string of the molecule is CC(=O)c1cn(C(C)C)nc1N1CCOCC1. The number of nitrogens with zero attached hydrogens (tertiary/aromatic N) is 3. The Labute approximate surface area is 101 Å². The quantitative estimate of drug-likeness (QED) is 0.747. The molecular formula is C12H19N3O2. The number of morpholine rings is 1. The Morgan fingerprint density at radius 3 is 2.59 bits per heavy atom. The molecule has 0 aliphatic carbocycles. The number of hydrogen-bond acceptors (Lipinski definition) is 4. The van der Waals surface area contributed by atoms with Crippen molar-refractivity contribution in [2.45, 2.75) is 26.8 Å². The van der Waals surface area contributed by atoms with E-state index in [-0.39, 0.29) is 11.8 Å². The molecule has 1 aliphatic rings. The largest absolute Gasteiger partial charge is 0.378 e. The first kappa shape index (κ1) is 12.1. The predicted molar refractivity (Wildman–Crippen MR) is 65.6 cm³/mol. The summed E-state index contributed by atoms with van der Waals surface area (Å²) in [5.74, 6) is 0.868. The molecule has 17 heavy (non-hydrogen) atoms. The lowest BCUT2D eigenvalue weighted by Crippen LogP contribution is -2.37. The molecule has 0 atom stereocenters.